The number of para-hydroxylation sites is 2. The van der Waals surface area contributed by atoms with Crippen LogP contribution < -0.4 is 9.80 Å². The van der Waals surface area contributed by atoms with Crippen molar-refractivity contribution in [1.82, 2.24) is 9.97 Å². The van der Waals surface area contributed by atoms with Crippen LogP contribution in [0.4, 0.5) is 22.9 Å². The highest BCUT2D eigenvalue weighted by Crippen LogP contribution is 2.64. The zero-order valence-electron chi connectivity index (χ0n) is 22.8. The van der Waals surface area contributed by atoms with Crippen LogP contribution in [-0.4, -0.2) is 16.1 Å². The molecule has 3 atom stereocenters. The summed E-state index contributed by atoms with van der Waals surface area (Å²) >= 11 is 0. The summed E-state index contributed by atoms with van der Waals surface area (Å²) in [6, 6.07) is 26.3. The van der Waals surface area contributed by atoms with E-state index in [-0.39, 0.29) is 17.0 Å². The maximum Gasteiger partial charge on any atom is 0.162 e. The van der Waals surface area contributed by atoms with Crippen molar-refractivity contribution >= 4 is 22.9 Å². The molecule has 4 aromatic rings. The van der Waals surface area contributed by atoms with E-state index in [0.717, 1.165) is 30.0 Å². The van der Waals surface area contributed by atoms with Gasteiger partial charge >= 0.3 is 0 Å². The lowest BCUT2D eigenvalue weighted by Crippen LogP contribution is -2.62. The largest absolute Gasteiger partial charge is 0.314 e. The first kappa shape index (κ1) is 23.7. The Morgan fingerprint density at radius 1 is 0.757 bits per heavy atom. The predicted molar refractivity (Wildman–Crippen MR) is 154 cm³/mol. The van der Waals surface area contributed by atoms with Crippen LogP contribution in [0.15, 0.2) is 79.1 Å². The van der Waals surface area contributed by atoms with Crippen molar-refractivity contribution in [3.8, 4) is 11.3 Å². The van der Waals surface area contributed by atoms with Crippen molar-refractivity contribution in [3.63, 3.8) is 0 Å². The van der Waals surface area contributed by atoms with Crippen molar-refractivity contribution in [1.29, 1.82) is 0 Å². The third-order valence-corrected chi connectivity index (χ3v) is 9.54. The molecule has 3 heterocycles. The Morgan fingerprint density at radius 3 is 2.11 bits per heavy atom. The Kier molecular flexibility index (Phi) is 5.41. The van der Waals surface area contributed by atoms with E-state index in [1.165, 1.54) is 33.6 Å². The van der Waals surface area contributed by atoms with Crippen LogP contribution in [0.2, 0.25) is 0 Å². The van der Waals surface area contributed by atoms with E-state index in [2.05, 4.69) is 124 Å². The molecule has 6 rings (SSSR count). The average Bonchev–Trinajstić information content (AvgIpc) is 3.29. The van der Waals surface area contributed by atoms with Gasteiger partial charge in [0.25, 0.3) is 0 Å². The first-order chi connectivity index (χ1) is 17.9. The molecule has 1 aromatic heterocycles. The number of aryl methyl sites for hydroxylation is 2. The fraction of sp³-hybridized carbons (Fsp3) is 0.333. The minimum Gasteiger partial charge on any atom is -0.314 e. The molecule has 188 valence electrons. The summed E-state index contributed by atoms with van der Waals surface area (Å²) < 4.78 is 0. The lowest BCUT2D eigenvalue weighted by Gasteiger charge is -2.58. The molecule has 3 aromatic carbocycles. The zero-order valence-corrected chi connectivity index (χ0v) is 22.8. The highest BCUT2D eigenvalue weighted by molar-refractivity contribution is 5.96. The summed E-state index contributed by atoms with van der Waals surface area (Å²) in [7, 11) is 0. The molecule has 0 saturated heterocycles. The van der Waals surface area contributed by atoms with Crippen molar-refractivity contribution < 1.29 is 0 Å². The van der Waals surface area contributed by atoms with Crippen LogP contribution in [0.3, 0.4) is 0 Å². The SMILES string of the molecule is CCC1(C)c2ccccc2N2c3ncnc(-c4c(C)cccc4C)c3N(c3ccccc3)C2C1(C)CC. The minimum atomic E-state index is -0.0648. The maximum atomic E-state index is 5.01. The monoisotopic (exact) mass is 488 g/mol. The molecule has 0 aliphatic carbocycles. The fourth-order valence-corrected chi connectivity index (χ4v) is 7.08. The summed E-state index contributed by atoms with van der Waals surface area (Å²) in [5, 5.41) is 0. The van der Waals surface area contributed by atoms with Crippen molar-refractivity contribution in [2.45, 2.75) is 66.0 Å². The number of aromatic nitrogens is 2. The van der Waals surface area contributed by atoms with Crippen LogP contribution >= 0.6 is 0 Å². The van der Waals surface area contributed by atoms with E-state index in [4.69, 9.17) is 9.97 Å². The van der Waals surface area contributed by atoms with E-state index in [0.29, 0.717) is 0 Å². The van der Waals surface area contributed by atoms with E-state index in [1.807, 2.05) is 0 Å². The number of hydrogen-bond donors (Lipinski definition) is 0. The van der Waals surface area contributed by atoms with Gasteiger partial charge in [-0.3, -0.25) is 0 Å². The highest BCUT2D eigenvalue weighted by atomic mass is 15.5. The van der Waals surface area contributed by atoms with E-state index >= 15 is 0 Å². The van der Waals surface area contributed by atoms with Gasteiger partial charge in [-0.05, 0) is 61.6 Å². The molecule has 0 spiro atoms. The molecule has 0 bridgehead atoms. The fourth-order valence-electron chi connectivity index (χ4n) is 7.08. The quantitative estimate of drug-likeness (QED) is 0.288. The first-order valence-corrected chi connectivity index (χ1v) is 13.5. The van der Waals surface area contributed by atoms with Gasteiger partial charge in [0.2, 0.25) is 0 Å². The van der Waals surface area contributed by atoms with Crippen LogP contribution in [0.1, 0.15) is 57.2 Å². The molecule has 4 nitrogen and oxygen atoms in total. The van der Waals surface area contributed by atoms with E-state index in [9.17, 15) is 0 Å². The summed E-state index contributed by atoms with van der Waals surface area (Å²) in [6.07, 6.45) is 3.92. The van der Waals surface area contributed by atoms with Gasteiger partial charge in [0.05, 0.1) is 0 Å². The molecule has 0 fully saturated rings. The minimum absolute atomic E-state index is 0.0131. The molecule has 0 N–H and O–H groups in total. The smallest absolute Gasteiger partial charge is 0.162 e. The van der Waals surface area contributed by atoms with Gasteiger partial charge in [0.1, 0.15) is 23.9 Å². The number of fused-ring (bicyclic) bond motifs is 5. The predicted octanol–water partition coefficient (Wildman–Crippen LogP) is 8.47. The number of hydrogen-bond acceptors (Lipinski definition) is 4. The molecule has 3 unspecified atom stereocenters. The van der Waals surface area contributed by atoms with Gasteiger partial charge in [-0.25, -0.2) is 9.97 Å². The Balaban J connectivity index is 1.74. The third kappa shape index (κ3) is 3.08. The summed E-state index contributed by atoms with van der Waals surface area (Å²) in [5.41, 5.74) is 9.54. The number of rotatable bonds is 4. The van der Waals surface area contributed by atoms with Crippen LogP contribution in [0, 0.1) is 19.3 Å². The van der Waals surface area contributed by atoms with E-state index < -0.39 is 0 Å². The molecular weight excluding hydrogens is 452 g/mol. The van der Waals surface area contributed by atoms with Crippen LogP contribution in [0.5, 0.6) is 0 Å². The van der Waals surface area contributed by atoms with Gasteiger partial charge < -0.3 is 9.80 Å². The van der Waals surface area contributed by atoms with Gasteiger partial charge in [-0.1, -0.05) is 82.3 Å². The second-order valence-electron chi connectivity index (χ2n) is 11.1. The molecule has 0 radical (unpaired) electrons. The van der Waals surface area contributed by atoms with Gasteiger partial charge in [0, 0.05) is 27.8 Å². The second kappa shape index (κ2) is 8.44. The number of benzene rings is 3. The number of anilines is 4. The van der Waals surface area contributed by atoms with Crippen molar-refractivity contribution in [2.75, 3.05) is 9.80 Å². The van der Waals surface area contributed by atoms with Crippen LogP contribution in [-0.2, 0) is 5.41 Å². The lowest BCUT2D eigenvalue weighted by atomic mass is 9.55. The normalized spacial score (nSPS) is 24.0. The Morgan fingerprint density at radius 2 is 1.43 bits per heavy atom. The average molecular weight is 489 g/mol. The van der Waals surface area contributed by atoms with Gasteiger partial charge in [-0.2, -0.15) is 0 Å². The van der Waals surface area contributed by atoms with Crippen molar-refractivity contribution in [2.24, 2.45) is 5.41 Å². The Bertz CT molecular complexity index is 1460. The van der Waals surface area contributed by atoms with Gasteiger partial charge in [0.15, 0.2) is 5.82 Å². The summed E-state index contributed by atoms with van der Waals surface area (Å²) in [4.78, 5) is 15.0. The first-order valence-electron chi connectivity index (χ1n) is 13.5. The maximum absolute atomic E-state index is 5.01. The molecule has 4 heteroatoms. The van der Waals surface area contributed by atoms with Crippen molar-refractivity contribution in [3.05, 3.63) is 95.8 Å². The molecule has 0 saturated carbocycles. The molecule has 0 amide bonds. The molecule has 2 aliphatic heterocycles. The molecular formula is C33H36N4. The second-order valence-corrected chi connectivity index (χ2v) is 11.1. The Hall–Kier alpha value is -3.66. The summed E-state index contributed by atoms with van der Waals surface area (Å²) in [5.74, 6) is 0.992. The highest BCUT2D eigenvalue weighted by Gasteiger charge is 2.61. The lowest BCUT2D eigenvalue weighted by molar-refractivity contribution is 0.0965. The molecule has 37 heavy (non-hydrogen) atoms. The zero-order chi connectivity index (χ0) is 25.9. The number of nitrogens with zero attached hydrogens (tertiary/aromatic N) is 4. The van der Waals surface area contributed by atoms with Gasteiger partial charge in [-0.15, -0.1) is 0 Å². The molecule has 2 aliphatic rings. The van der Waals surface area contributed by atoms with E-state index in [1.54, 1.807) is 6.33 Å². The third-order valence-electron chi connectivity index (χ3n) is 9.54. The topological polar surface area (TPSA) is 32.3 Å². The van der Waals surface area contributed by atoms with Crippen LogP contribution in [0.25, 0.3) is 11.3 Å². The summed E-state index contributed by atoms with van der Waals surface area (Å²) in [6.45, 7) is 14.0. The standard InChI is InChI=1S/C33H36N4/c1-7-32(5)25-19-12-13-20-26(25)37-30-29(28(34-21-35-30)27-22(3)15-14-16-23(27)4)36(24-17-10-9-11-18-24)31(37)33(32,6)8-2/h9-21,31H,7-8H2,1-6H3. The Labute approximate surface area is 221 Å².